The Morgan fingerprint density at radius 2 is 1.82 bits per heavy atom. The molecule has 2 aromatic carbocycles. The van der Waals surface area contributed by atoms with Crippen LogP contribution in [0.15, 0.2) is 60.8 Å². The lowest BCUT2D eigenvalue weighted by Gasteiger charge is -2.26. The van der Waals surface area contributed by atoms with E-state index in [1.54, 1.807) is 36.3 Å². The minimum atomic E-state index is -0.353. The molecule has 28 heavy (non-hydrogen) atoms. The first-order chi connectivity index (χ1) is 13.6. The van der Waals surface area contributed by atoms with Crippen LogP contribution in [0.5, 0.6) is 0 Å². The van der Waals surface area contributed by atoms with Crippen LogP contribution in [0.1, 0.15) is 22.2 Å². The molecule has 1 amide bonds. The standard InChI is InChI=1S/C21H21FN4O2/c1-25-19(10-11-24-25)21(27)26(18-8-4-16(22)5-9-18)17-6-2-15(3-7-17)20-14-23-12-13-28-20/h2-11,20,23H,12-14H2,1H3/t20-/m1/s1. The minimum Gasteiger partial charge on any atom is -0.371 e. The van der Waals surface area contributed by atoms with Gasteiger partial charge in [0, 0.05) is 37.7 Å². The fourth-order valence-electron chi connectivity index (χ4n) is 3.29. The number of amides is 1. The Kier molecular flexibility index (Phi) is 5.18. The third-order valence-corrected chi connectivity index (χ3v) is 4.78. The zero-order valence-electron chi connectivity index (χ0n) is 15.5. The molecular weight excluding hydrogens is 359 g/mol. The van der Waals surface area contributed by atoms with Crippen molar-refractivity contribution in [1.82, 2.24) is 15.1 Å². The van der Waals surface area contributed by atoms with Gasteiger partial charge in [-0.2, -0.15) is 5.10 Å². The molecule has 1 aromatic heterocycles. The lowest BCUT2D eigenvalue weighted by Crippen LogP contribution is -2.33. The molecule has 0 saturated carbocycles. The van der Waals surface area contributed by atoms with E-state index < -0.39 is 0 Å². The number of rotatable bonds is 4. The molecule has 1 aliphatic heterocycles. The van der Waals surface area contributed by atoms with Gasteiger partial charge in [-0.25, -0.2) is 4.39 Å². The van der Waals surface area contributed by atoms with Crippen molar-refractivity contribution < 1.29 is 13.9 Å². The number of ether oxygens (including phenoxy) is 1. The number of nitrogens with one attached hydrogen (secondary N) is 1. The highest BCUT2D eigenvalue weighted by Gasteiger charge is 2.23. The Morgan fingerprint density at radius 1 is 1.14 bits per heavy atom. The van der Waals surface area contributed by atoms with Crippen molar-refractivity contribution in [3.8, 4) is 0 Å². The summed E-state index contributed by atoms with van der Waals surface area (Å²) in [6, 6.07) is 15.2. The van der Waals surface area contributed by atoms with Crippen molar-refractivity contribution in [3.63, 3.8) is 0 Å². The van der Waals surface area contributed by atoms with E-state index in [1.165, 1.54) is 16.8 Å². The number of hydrogen-bond acceptors (Lipinski definition) is 4. The Hall–Kier alpha value is -3.03. The van der Waals surface area contributed by atoms with Crippen molar-refractivity contribution in [2.24, 2.45) is 7.05 Å². The van der Waals surface area contributed by atoms with Gasteiger partial charge in [-0.1, -0.05) is 12.1 Å². The molecule has 0 unspecified atom stereocenters. The van der Waals surface area contributed by atoms with Crippen LogP contribution in [0.25, 0.3) is 0 Å². The molecule has 1 aliphatic rings. The first-order valence-corrected chi connectivity index (χ1v) is 9.14. The second kappa shape index (κ2) is 7.92. The van der Waals surface area contributed by atoms with E-state index >= 15 is 0 Å². The quantitative estimate of drug-likeness (QED) is 0.755. The van der Waals surface area contributed by atoms with Crippen molar-refractivity contribution in [3.05, 3.63) is 77.9 Å². The van der Waals surface area contributed by atoms with Crippen LogP contribution in [0, 0.1) is 5.82 Å². The summed E-state index contributed by atoms with van der Waals surface area (Å²) >= 11 is 0. The molecular formula is C21H21FN4O2. The van der Waals surface area contributed by atoms with Gasteiger partial charge in [0.25, 0.3) is 5.91 Å². The normalized spacial score (nSPS) is 16.7. The average molecular weight is 380 g/mol. The third-order valence-electron chi connectivity index (χ3n) is 4.78. The summed E-state index contributed by atoms with van der Waals surface area (Å²) in [7, 11) is 1.71. The van der Waals surface area contributed by atoms with Gasteiger partial charge in [-0.05, 0) is 48.0 Å². The van der Waals surface area contributed by atoms with E-state index in [2.05, 4.69) is 10.4 Å². The van der Waals surface area contributed by atoms with Crippen LogP contribution in [0.2, 0.25) is 0 Å². The average Bonchev–Trinajstić information content (AvgIpc) is 3.17. The molecule has 4 rings (SSSR count). The summed E-state index contributed by atoms with van der Waals surface area (Å²) in [6.07, 6.45) is 1.57. The number of aromatic nitrogens is 2. The summed E-state index contributed by atoms with van der Waals surface area (Å²) < 4.78 is 20.7. The zero-order valence-corrected chi connectivity index (χ0v) is 15.5. The minimum absolute atomic E-state index is 0.00477. The number of carbonyl (C=O) groups excluding carboxylic acids is 1. The van der Waals surface area contributed by atoms with Crippen molar-refractivity contribution in [1.29, 1.82) is 0 Å². The largest absolute Gasteiger partial charge is 0.371 e. The van der Waals surface area contributed by atoms with E-state index in [0.29, 0.717) is 23.7 Å². The van der Waals surface area contributed by atoms with E-state index in [9.17, 15) is 9.18 Å². The molecule has 2 heterocycles. The second-order valence-corrected chi connectivity index (χ2v) is 6.61. The van der Waals surface area contributed by atoms with Gasteiger partial charge in [0.15, 0.2) is 0 Å². The van der Waals surface area contributed by atoms with Gasteiger partial charge < -0.3 is 10.1 Å². The summed E-state index contributed by atoms with van der Waals surface area (Å²) in [5.41, 5.74) is 2.75. The number of halogens is 1. The number of nitrogens with zero attached hydrogens (tertiary/aromatic N) is 3. The smallest absolute Gasteiger partial charge is 0.281 e. The number of morpholine rings is 1. The molecule has 144 valence electrons. The van der Waals surface area contributed by atoms with Gasteiger partial charge >= 0.3 is 0 Å². The highest BCUT2D eigenvalue weighted by atomic mass is 19.1. The predicted octanol–water partition coefficient (Wildman–Crippen LogP) is 3.20. The van der Waals surface area contributed by atoms with Gasteiger partial charge in [-0.15, -0.1) is 0 Å². The molecule has 0 aliphatic carbocycles. The predicted molar refractivity (Wildman–Crippen MR) is 104 cm³/mol. The first-order valence-electron chi connectivity index (χ1n) is 9.14. The van der Waals surface area contributed by atoms with E-state index in [4.69, 9.17) is 4.74 Å². The molecule has 1 fully saturated rings. The monoisotopic (exact) mass is 380 g/mol. The highest BCUT2D eigenvalue weighted by Crippen LogP contribution is 2.29. The number of anilines is 2. The lowest BCUT2D eigenvalue weighted by atomic mass is 10.1. The van der Waals surface area contributed by atoms with Crippen LogP contribution in [-0.2, 0) is 11.8 Å². The maximum absolute atomic E-state index is 13.4. The first kappa shape index (κ1) is 18.3. The number of carbonyl (C=O) groups is 1. The molecule has 1 atom stereocenters. The van der Waals surface area contributed by atoms with Gasteiger partial charge in [-0.3, -0.25) is 14.4 Å². The number of benzene rings is 2. The molecule has 7 heteroatoms. The molecule has 1 N–H and O–H groups in total. The van der Waals surface area contributed by atoms with Crippen molar-refractivity contribution in [2.45, 2.75) is 6.10 Å². The van der Waals surface area contributed by atoms with E-state index in [0.717, 1.165) is 18.7 Å². The molecule has 0 spiro atoms. The fourth-order valence-corrected chi connectivity index (χ4v) is 3.29. The maximum atomic E-state index is 13.4. The Labute approximate surface area is 162 Å². The topological polar surface area (TPSA) is 59.4 Å². The van der Waals surface area contributed by atoms with Gasteiger partial charge in [0.1, 0.15) is 11.5 Å². The Bertz CT molecular complexity index is 947. The maximum Gasteiger partial charge on any atom is 0.281 e. The van der Waals surface area contributed by atoms with Crippen molar-refractivity contribution in [2.75, 3.05) is 24.6 Å². The zero-order chi connectivity index (χ0) is 19.5. The van der Waals surface area contributed by atoms with E-state index in [-0.39, 0.29) is 17.8 Å². The summed E-state index contributed by atoms with van der Waals surface area (Å²) in [5.74, 6) is -0.594. The van der Waals surface area contributed by atoms with Crippen LogP contribution >= 0.6 is 0 Å². The Balaban J connectivity index is 1.69. The van der Waals surface area contributed by atoms with Crippen LogP contribution < -0.4 is 10.2 Å². The molecule has 3 aromatic rings. The molecule has 6 nitrogen and oxygen atoms in total. The third kappa shape index (κ3) is 3.67. The molecule has 0 radical (unpaired) electrons. The highest BCUT2D eigenvalue weighted by molar-refractivity contribution is 6.09. The van der Waals surface area contributed by atoms with Gasteiger partial charge in [0.2, 0.25) is 0 Å². The lowest BCUT2D eigenvalue weighted by molar-refractivity contribution is 0.0277. The van der Waals surface area contributed by atoms with Crippen LogP contribution in [0.3, 0.4) is 0 Å². The SMILES string of the molecule is Cn1nccc1C(=O)N(c1ccc(F)cc1)c1ccc([C@H]2CNCCO2)cc1. The summed E-state index contributed by atoms with van der Waals surface area (Å²) in [6.45, 7) is 2.29. The summed E-state index contributed by atoms with van der Waals surface area (Å²) in [5, 5.41) is 7.39. The molecule has 1 saturated heterocycles. The fraction of sp³-hybridized carbons (Fsp3) is 0.238. The number of hydrogen-bond donors (Lipinski definition) is 1. The molecule has 0 bridgehead atoms. The second-order valence-electron chi connectivity index (χ2n) is 6.61. The summed E-state index contributed by atoms with van der Waals surface area (Å²) in [4.78, 5) is 14.8. The number of aryl methyl sites for hydroxylation is 1. The van der Waals surface area contributed by atoms with Crippen molar-refractivity contribution >= 4 is 17.3 Å². The van der Waals surface area contributed by atoms with Gasteiger partial charge in [0.05, 0.1) is 12.7 Å². The van der Waals surface area contributed by atoms with E-state index in [1.807, 2.05) is 24.3 Å². The van der Waals surface area contributed by atoms with Crippen LogP contribution in [-0.4, -0.2) is 35.4 Å². The Morgan fingerprint density at radius 3 is 2.39 bits per heavy atom. The van der Waals surface area contributed by atoms with Crippen LogP contribution in [0.4, 0.5) is 15.8 Å².